The summed E-state index contributed by atoms with van der Waals surface area (Å²) in [6, 6.07) is 5.55. The zero-order valence-electron chi connectivity index (χ0n) is 18.7. The van der Waals surface area contributed by atoms with Gasteiger partial charge in [-0.1, -0.05) is 6.07 Å². The Morgan fingerprint density at radius 2 is 1.81 bits per heavy atom. The van der Waals surface area contributed by atoms with E-state index in [1.165, 1.54) is 12.1 Å². The number of anilines is 1. The van der Waals surface area contributed by atoms with Gasteiger partial charge in [-0.15, -0.1) is 24.0 Å². The molecule has 3 rings (SSSR count). The molecule has 2 N–H and O–H groups in total. The van der Waals surface area contributed by atoms with E-state index in [9.17, 15) is 18.3 Å². The number of nitrogens with zero attached hydrogens (tertiary/aromatic N) is 4. The summed E-state index contributed by atoms with van der Waals surface area (Å²) in [4.78, 5) is 11.3. The Morgan fingerprint density at radius 3 is 2.44 bits per heavy atom. The number of aliphatic hydroxyl groups excluding tert-OH is 1. The lowest BCUT2D eigenvalue weighted by Crippen LogP contribution is -2.52. The van der Waals surface area contributed by atoms with Crippen molar-refractivity contribution in [2.75, 3.05) is 63.8 Å². The van der Waals surface area contributed by atoms with E-state index in [-0.39, 0.29) is 30.1 Å². The first-order chi connectivity index (χ1) is 14.9. The largest absolute Gasteiger partial charge is 0.416 e. The van der Waals surface area contributed by atoms with Gasteiger partial charge in [0.05, 0.1) is 11.7 Å². The number of likely N-dealkylation sites (tertiary alicyclic amines) is 1. The molecular weight excluding hydrogens is 534 g/mol. The molecule has 0 aliphatic carbocycles. The second kappa shape index (κ2) is 12.8. The maximum Gasteiger partial charge on any atom is 0.416 e. The van der Waals surface area contributed by atoms with Crippen LogP contribution >= 0.6 is 24.0 Å². The van der Waals surface area contributed by atoms with Crippen LogP contribution < -0.4 is 10.2 Å². The van der Waals surface area contributed by atoms with Gasteiger partial charge in [-0.3, -0.25) is 4.99 Å². The van der Waals surface area contributed by atoms with Gasteiger partial charge in [-0.05, 0) is 50.9 Å². The number of alkyl halides is 3. The summed E-state index contributed by atoms with van der Waals surface area (Å²) < 4.78 is 39.0. The van der Waals surface area contributed by atoms with Gasteiger partial charge >= 0.3 is 6.18 Å². The first-order valence-corrected chi connectivity index (χ1v) is 11.2. The molecule has 182 valence electrons. The molecule has 0 spiro atoms. The van der Waals surface area contributed by atoms with Gasteiger partial charge < -0.3 is 25.1 Å². The van der Waals surface area contributed by atoms with E-state index in [0.29, 0.717) is 31.9 Å². The van der Waals surface area contributed by atoms with Gasteiger partial charge in [0.15, 0.2) is 5.96 Å². The number of guanidine groups is 1. The lowest BCUT2D eigenvalue weighted by Gasteiger charge is -2.38. The highest BCUT2D eigenvalue weighted by atomic mass is 127. The van der Waals surface area contributed by atoms with Crippen LogP contribution in [0.25, 0.3) is 0 Å². The molecule has 0 unspecified atom stereocenters. The molecular formula is C22H35F3IN5O. The van der Waals surface area contributed by atoms with Crippen molar-refractivity contribution in [1.29, 1.82) is 0 Å². The number of halogens is 4. The third-order valence-corrected chi connectivity index (χ3v) is 5.90. The zero-order valence-corrected chi connectivity index (χ0v) is 21.0. The fraction of sp³-hybridized carbons (Fsp3) is 0.682. The van der Waals surface area contributed by atoms with E-state index in [1.54, 1.807) is 6.07 Å². The minimum atomic E-state index is -4.32. The number of aliphatic hydroxyl groups is 1. The third kappa shape index (κ3) is 7.95. The number of piperidine rings is 1. The minimum absolute atomic E-state index is 0. The van der Waals surface area contributed by atoms with Crippen LogP contribution in [0, 0.1) is 0 Å². The van der Waals surface area contributed by atoms with Crippen molar-refractivity contribution in [2.24, 2.45) is 4.99 Å². The van der Waals surface area contributed by atoms with Crippen LogP contribution in [0.5, 0.6) is 0 Å². The topological polar surface area (TPSA) is 54.3 Å². The molecule has 10 heteroatoms. The summed E-state index contributed by atoms with van der Waals surface area (Å²) >= 11 is 0. The Balaban J connectivity index is 0.00000363. The second-order valence-electron chi connectivity index (χ2n) is 8.18. The third-order valence-electron chi connectivity index (χ3n) is 5.90. The van der Waals surface area contributed by atoms with E-state index >= 15 is 0 Å². The van der Waals surface area contributed by atoms with Crippen LogP contribution in [0.1, 0.15) is 31.7 Å². The molecule has 32 heavy (non-hydrogen) atoms. The monoisotopic (exact) mass is 569 g/mol. The average Bonchev–Trinajstić information content (AvgIpc) is 2.77. The molecule has 1 aromatic carbocycles. The van der Waals surface area contributed by atoms with Crippen LogP contribution in [-0.2, 0) is 6.18 Å². The molecule has 0 saturated carbocycles. The smallest absolute Gasteiger partial charge is 0.393 e. The van der Waals surface area contributed by atoms with Crippen molar-refractivity contribution in [2.45, 2.75) is 38.5 Å². The van der Waals surface area contributed by atoms with E-state index in [0.717, 1.165) is 64.0 Å². The summed E-state index contributed by atoms with van der Waals surface area (Å²) in [7, 11) is 0. The quantitative estimate of drug-likeness (QED) is 0.239. The molecule has 0 atom stereocenters. The number of aliphatic imine (C=N–C) groups is 1. The molecule has 0 amide bonds. The second-order valence-corrected chi connectivity index (χ2v) is 8.18. The molecule has 6 nitrogen and oxygen atoms in total. The lowest BCUT2D eigenvalue weighted by atomic mass is 10.1. The van der Waals surface area contributed by atoms with E-state index in [4.69, 9.17) is 4.99 Å². The first kappa shape index (κ1) is 27.0. The molecule has 1 aromatic rings. The van der Waals surface area contributed by atoms with Gasteiger partial charge in [0.25, 0.3) is 0 Å². The number of benzene rings is 1. The van der Waals surface area contributed by atoms with Crippen molar-refractivity contribution in [3.05, 3.63) is 29.8 Å². The van der Waals surface area contributed by atoms with E-state index in [2.05, 4.69) is 15.1 Å². The van der Waals surface area contributed by atoms with Crippen LogP contribution in [0.15, 0.2) is 29.3 Å². The number of nitrogens with one attached hydrogen (secondary N) is 1. The maximum absolute atomic E-state index is 13.0. The number of hydrogen-bond acceptors (Lipinski definition) is 4. The average molecular weight is 569 g/mol. The number of rotatable bonds is 6. The van der Waals surface area contributed by atoms with Crippen molar-refractivity contribution < 1.29 is 18.3 Å². The maximum atomic E-state index is 13.0. The van der Waals surface area contributed by atoms with Crippen LogP contribution in [-0.4, -0.2) is 85.9 Å². The summed E-state index contributed by atoms with van der Waals surface area (Å²) in [6.45, 7) is 9.16. The Hall–Kier alpha value is -1.27. The van der Waals surface area contributed by atoms with Crippen molar-refractivity contribution in [3.8, 4) is 0 Å². The molecule has 0 aromatic heterocycles. The Labute approximate surface area is 205 Å². The standard InChI is InChI=1S/C22H34F3N5O.HI/c1-2-26-21(27-9-4-10-28-11-7-20(31)8-12-28)30-15-13-29(14-16-30)19-6-3-5-18(17-19)22(23,24)25;/h3,5-6,17,20,31H,2,4,7-16H2,1H3,(H,26,27);1H. The molecule has 0 radical (unpaired) electrons. The van der Waals surface area contributed by atoms with Crippen molar-refractivity contribution in [3.63, 3.8) is 0 Å². The molecule has 2 saturated heterocycles. The normalized spacial score (nSPS) is 19.1. The highest BCUT2D eigenvalue weighted by Gasteiger charge is 2.31. The summed E-state index contributed by atoms with van der Waals surface area (Å²) in [5.74, 6) is 0.875. The predicted octanol–water partition coefficient (Wildman–Crippen LogP) is 3.26. The predicted molar refractivity (Wildman–Crippen MR) is 133 cm³/mol. The zero-order chi connectivity index (χ0) is 22.3. The summed E-state index contributed by atoms with van der Waals surface area (Å²) in [5.41, 5.74) is 0.00797. The highest BCUT2D eigenvalue weighted by molar-refractivity contribution is 14.0. The van der Waals surface area contributed by atoms with Crippen molar-refractivity contribution >= 4 is 35.6 Å². The summed E-state index contributed by atoms with van der Waals surface area (Å²) in [6.07, 6.45) is -1.81. The Morgan fingerprint density at radius 1 is 1.12 bits per heavy atom. The van der Waals surface area contributed by atoms with Crippen LogP contribution in [0.4, 0.5) is 18.9 Å². The fourth-order valence-electron chi connectivity index (χ4n) is 4.10. The Kier molecular flexibility index (Phi) is 10.8. The fourth-order valence-corrected chi connectivity index (χ4v) is 4.10. The Bertz CT molecular complexity index is 718. The SMILES string of the molecule is CCNC(=NCCCN1CCC(O)CC1)N1CCN(c2cccc(C(F)(F)F)c2)CC1.I. The molecule has 2 heterocycles. The van der Waals surface area contributed by atoms with E-state index < -0.39 is 11.7 Å². The van der Waals surface area contributed by atoms with Crippen molar-refractivity contribution in [1.82, 2.24) is 15.1 Å². The van der Waals surface area contributed by atoms with Crippen LogP contribution in [0.2, 0.25) is 0 Å². The van der Waals surface area contributed by atoms with Gasteiger partial charge in [0.2, 0.25) is 0 Å². The lowest BCUT2D eigenvalue weighted by molar-refractivity contribution is -0.137. The van der Waals surface area contributed by atoms with Gasteiger partial charge in [0.1, 0.15) is 0 Å². The number of piperazine rings is 1. The molecule has 2 aliphatic heterocycles. The van der Waals surface area contributed by atoms with Crippen LogP contribution in [0.3, 0.4) is 0 Å². The van der Waals surface area contributed by atoms with Gasteiger partial charge in [-0.25, -0.2) is 0 Å². The highest BCUT2D eigenvalue weighted by Crippen LogP contribution is 2.31. The van der Waals surface area contributed by atoms with Gasteiger partial charge in [0, 0.05) is 58.0 Å². The number of hydrogen-bond donors (Lipinski definition) is 2. The summed E-state index contributed by atoms with van der Waals surface area (Å²) in [5, 5.41) is 12.9. The molecule has 2 aliphatic rings. The molecule has 0 bridgehead atoms. The molecule has 2 fully saturated rings. The minimum Gasteiger partial charge on any atom is -0.393 e. The van der Waals surface area contributed by atoms with Gasteiger partial charge in [-0.2, -0.15) is 13.2 Å². The van der Waals surface area contributed by atoms with E-state index in [1.807, 2.05) is 11.8 Å². The first-order valence-electron chi connectivity index (χ1n) is 11.2.